The topological polar surface area (TPSA) is 84.3 Å². The van der Waals surface area contributed by atoms with Crippen LogP contribution in [0.15, 0.2) is 32.6 Å². The minimum atomic E-state index is -3.52. The average Bonchev–Trinajstić information content (AvgIpc) is 2.91. The fourth-order valence-corrected chi connectivity index (χ4v) is 3.96. The first kappa shape index (κ1) is 16.8. The SMILES string of the molecule is CN(C)CCNS(=O)(=O)c1cc(-c2ccc(=O)n(C)n2)cs1. The van der Waals surface area contributed by atoms with Crippen LogP contribution in [-0.2, 0) is 17.1 Å². The lowest BCUT2D eigenvalue weighted by atomic mass is 10.2. The van der Waals surface area contributed by atoms with Gasteiger partial charge in [0.1, 0.15) is 4.21 Å². The van der Waals surface area contributed by atoms with Gasteiger partial charge >= 0.3 is 0 Å². The van der Waals surface area contributed by atoms with E-state index in [1.807, 2.05) is 19.0 Å². The highest BCUT2D eigenvalue weighted by atomic mass is 32.2. The second-order valence-corrected chi connectivity index (χ2v) is 7.94. The lowest BCUT2D eigenvalue weighted by Crippen LogP contribution is -2.30. The number of sulfonamides is 1. The third-order valence-corrected chi connectivity index (χ3v) is 5.85. The van der Waals surface area contributed by atoms with Crippen LogP contribution in [0.5, 0.6) is 0 Å². The Balaban J connectivity index is 2.20. The predicted molar refractivity (Wildman–Crippen MR) is 86.5 cm³/mol. The summed E-state index contributed by atoms with van der Waals surface area (Å²) in [5.41, 5.74) is 1.03. The summed E-state index contributed by atoms with van der Waals surface area (Å²) in [4.78, 5) is 13.2. The van der Waals surface area contributed by atoms with Gasteiger partial charge in [-0.15, -0.1) is 11.3 Å². The molecule has 0 fully saturated rings. The molecule has 0 aromatic carbocycles. The van der Waals surface area contributed by atoms with Gasteiger partial charge in [0.25, 0.3) is 5.56 Å². The van der Waals surface area contributed by atoms with Crippen LogP contribution in [0.1, 0.15) is 0 Å². The Bertz CT molecular complexity index is 809. The van der Waals surface area contributed by atoms with E-state index in [4.69, 9.17) is 0 Å². The van der Waals surface area contributed by atoms with Crippen molar-refractivity contribution in [1.29, 1.82) is 0 Å². The van der Waals surface area contributed by atoms with Gasteiger partial charge in [-0.05, 0) is 26.2 Å². The zero-order valence-corrected chi connectivity index (χ0v) is 14.2. The van der Waals surface area contributed by atoms with Gasteiger partial charge in [0, 0.05) is 37.1 Å². The zero-order valence-electron chi connectivity index (χ0n) is 12.6. The Hall–Kier alpha value is -1.55. The van der Waals surface area contributed by atoms with Gasteiger partial charge in [0.05, 0.1) is 5.69 Å². The molecule has 2 rings (SSSR count). The van der Waals surface area contributed by atoms with Gasteiger partial charge in [0.2, 0.25) is 10.0 Å². The molecule has 1 N–H and O–H groups in total. The minimum Gasteiger partial charge on any atom is -0.308 e. The van der Waals surface area contributed by atoms with Crippen molar-refractivity contribution >= 4 is 21.4 Å². The molecule has 0 saturated carbocycles. The van der Waals surface area contributed by atoms with Gasteiger partial charge in [0.15, 0.2) is 0 Å². The van der Waals surface area contributed by atoms with E-state index >= 15 is 0 Å². The van der Waals surface area contributed by atoms with Crippen molar-refractivity contribution in [3.05, 3.63) is 33.9 Å². The molecular weight excluding hydrogens is 324 g/mol. The molecular formula is C13H18N4O3S2. The maximum atomic E-state index is 12.2. The molecule has 7 nitrogen and oxygen atoms in total. The fraction of sp³-hybridized carbons (Fsp3) is 0.385. The normalized spacial score (nSPS) is 12.0. The molecule has 0 aliphatic rings. The number of thiophene rings is 1. The highest BCUT2D eigenvalue weighted by Crippen LogP contribution is 2.26. The predicted octanol–water partition coefficient (Wildman–Crippen LogP) is 0.349. The summed E-state index contributed by atoms with van der Waals surface area (Å²) in [5, 5.41) is 5.83. The monoisotopic (exact) mass is 342 g/mol. The summed E-state index contributed by atoms with van der Waals surface area (Å²) in [6.45, 7) is 0.973. The zero-order chi connectivity index (χ0) is 16.3. The number of aromatic nitrogens is 2. The number of likely N-dealkylation sites (N-methyl/N-ethyl adjacent to an activating group) is 1. The number of hydrogen-bond acceptors (Lipinski definition) is 6. The van der Waals surface area contributed by atoms with Gasteiger partial charge in [-0.2, -0.15) is 5.10 Å². The molecule has 0 amide bonds. The number of hydrogen-bond donors (Lipinski definition) is 1. The molecule has 2 heterocycles. The maximum absolute atomic E-state index is 12.2. The third kappa shape index (κ3) is 4.01. The molecule has 0 bridgehead atoms. The van der Waals surface area contributed by atoms with Crippen molar-refractivity contribution in [2.75, 3.05) is 27.2 Å². The van der Waals surface area contributed by atoms with Crippen molar-refractivity contribution in [3.8, 4) is 11.3 Å². The lowest BCUT2D eigenvalue weighted by Gasteiger charge is -2.09. The summed E-state index contributed by atoms with van der Waals surface area (Å²) in [7, 11) is 1.79. The Kier molecular flexibility index (Phi) is 5.12. The van der Waals surface area contributed by atoms with E-state index in [0.717, 1.165) is 11.3 Å². The summed E-state index contributed by atoms with van der Waals surface area (Å²) >= 11 is 1.13. The largest absolute Gasteiger partial charge is 0.308 e. The van der Waals surface area contributed by atoms with Gasteiger partial charge in [-0.25, -0.2) is 17.8 Å². The van der Waals surface area contributed by atoms with E-state index in [2.05, 4.69) is 9.82 Å². The summed E-state index contributed by atoms with van der Waals surface area (Å²) in [6, 6.07) is 4.55. The first-order valence-corrected chi connectivity index (χ1v) is 8.93. The number of aryl methyl sites for hydroxylation is 1. The van der Waals surface area contributed by atoms with Crippen LogP contribution >= 0.6 is 11.3 Å². The second-order valence-electron chi connectivity index (χ2n) is 5.04. The molecule has 0 aliphatic carbocycles. The van der Waals surface area contributed by atoms with Crippen LogP contribution in [0.25, 0.3) is 11.3 Å². The standard InChI is InChI=1S/C13H18N4O3S2/c1-16(2)7-6-14-22(19,20)13-8-10(9-21-13)11-4-5-12(18)17(3)15-11/h4-5,8-9,14H,6-7H2,1-3H3. The van der Waals surface area contributed by atoms with Crippen molar-refractivity contribution in [1.82, 2.24) is 19.4 Å². The molecule has 0 aliphatic heterocycles. The van der Waals surface area contributed by atoms with Gasteiger partial charge in [-0.1, -0.05) is 0 Å². The van der Waals surface area contributed by atoms with Crippen molar-refractivity contribution in [2.24, 2.45) is 7.05 Å². The van der Waals surface area contributed by atoms with Gasteiger partial charge in [-0.3, -0.25) is 4.79 Å². The smallest absolute Gasteiger partial charge is 0.266 e. The molecule has 2 aromatic heterocycles. The maximum Gasteiger partial charge on any atom is 0.266 e. The highest BCUT2D eigenvalue weighted by Gasteiger charge is 2.17. The van der Waals surface area contributed by atoms with E-state index in [9.17, 15) is 13.2 Å². The molecule has 120 valence electrons. The van der Waals surface area contributed by atoms with E-state index in [-0.39, 0.29) is 9.77 Å². The number of nitrogens with zero attached hydrogens (tertiary/aromatic N) is 3. The molecule has 0 saturated heterocycles. The van der Waals surface area contributed by atoms with Crippen LogP contribution in [-0.4, -0.2) is 50.3 Å². The summed E-state index contributed by atoms with van der Waals surface area (Å²) < 4.78 is 28.4. The van der Waals surface area contributed by atoms with E-state index in [0.29, 0.717) is 24.3 Å². The van der Waals surface area contributed by atoms with E-state index in [1.165, 1.54) is 10.7 Å². The average molecular weight is 342 g/mol. The molecule has 22 heavy (non-hydrogen) atoms. The minimum absolute atomic E-state index is 0.211. The van der Waals surface area contributed by atoms with E-state index in [1.54, 1.807) is 24.6 Å². The Labute approximate surface area is 133 Å². The second kappa shape index (κ2) is 6.69. The molecule has 0 spiro atoms. The van der Waals surface area contributed by atoms with Crippen LogP contribution in [0.3, 0.4) is 0 Å². The van der Waals surface area contributed by atoms with Gasteiger partial charge < -0.3 is 4.90 Å². The van der Waals surface area contributed by atoms with Crippen LogP contribution in [0, 0.1) is 0 Å². The first-order chi connectivity index (χ1) is 10.3. The Morgan fingerprint density at radius 2 is 2.09 bits per heavy atom. The fourth-order valence-electron chi connectivity index (χ4n) is 1.72. The number of nitrogens with one attached hydrogen (secondary N) is 1. The molecule has 0 unspecified atom stereocenters. The molecule has 9 heteroatoms. The van der Waals surface area contributed by atoms with Crippen molar-refractivity contribution in [3.63, 3.8) is 0 Å². The Morgan fingerprint density at radius 1 is 1.36 bits per heavy atom. The number of rotatable bonds is 6. The Morgan fingerprint density at radius 3 is 2.73 bits per heavy atom. The van der Waals surface area contributed by atoms with Crippen LogP contribution in [0.4, 0.5) is 0 Å². The third-order valence-electron chi connectivity index (χ3n) is 2.95. The lowest BCUT2D eigenvalue weighted by molar-refractivity contribution is 0.412. The first-order valence-electron chi connectivity index (χ1n) is 6.57. The molecule has 0 radical (unpaired) electrons. The highest BCUT2D eigenvalue weighted by molar-refractivity contribution is 7.91. The van der Waals surface area contributed by atoms with E-state index < -0.39 is 10.0 Å². The van der Waals surface area contributed by atoms with Crippen LogP contribution in [0.2, 0.25) is 0 Å². The van der Waals surface area contributed by atoms with Crippen LogP contribution < -0.4 is 10.3 Å². The quantitative estimate of drug-likeness (QED) is 0.819. The summed E-state index contributed by atoms with van der Waals surface area (Å²) in [5.74, 6) is 0. The molecule has 2 aromatic rings. The van der Waals surface area contributed by atoms with Crippen molar-refractivity contribution < 1.29 is 8.42 Å². The molecule has 0 atom stereocenters. The summed E-state index contributed by atoms with van der Waals surface area (Å²) in [6.07, 6.45) is 0. The van der Waals surface area contributed by atoms with Crippen molar-refractivity contribution in [2.45, 2.75) is 4.21 Å².